The molecule has 1 unspecified atom stereocenters. The summed E-state index contributed by atoms with van der Waals surface area (Å²) < 4.78 is 46.3. The average molecular weight is 500 g/mol. The minimum absolute atomic E-state index is 0.0317. The lowest BCUT2D eigenvalue weighted by molar-refractivity contribution is -0.274. The molecule has 5 nitrogen and oxygen atoms in total. The van der Waals surface area contributed by atoms with Crippen LogP contribution in [0.3, 0.4) is 0 Å². The van der Waals surface area contributed by atoms with Crippen LogP contribution >= 0.6 is 0 Å². The monoisotopic (exact) mass is 499 g/mol. The zero-order valence-corrected chi connectivity index (χ0v) is 20.0. The second-order valence-electron chi connectivity index (χ2n) is 8.71. The summed E-state index contributed by atoms with van der Waals surface area (Å²) in [5.41, 5.74) is 2.86. The molecule has 36 heavy (non-hydrogen) atoms. The number of rotatable bonds is 10. The fourth-order valence-electron chi connectivity index (χ4n) is 3.55. The molecule has 0 bridgehead atoms. The Morgan fingerprint density at radius 3 is 2.00 bits per heavy atom. The number of ether oxygens (including phenoxy) is 2. The van der Waals surface area contributed by atoms with Crippen LogP contribution in [0.1, 0.15) is 48.7 Å². The quantitative estimate of drug-likeness (QED) is 0.297. The van der Waals surface area contributed by atoms with E-state index in [1.54, 1.807) is 24.3 Å². The minimum atomic E-state index is -4.75. The van der Waals surface area contributed by atoms with Gasteiger partial charge in [0.05, 0.1) is 12.6 Å². The van der Waals surface area contributed by atoms with E-state index in [0.717, 1.165) is 11.1 Å². The third-order valence-electron chi connectivity index (χ3n) is 5.33. The highest BCUT2D eigenvalue weighted by molar-refractivity contribution is 5.96. The molecule has 0 aliphatic carbocycles. The van der Waals surface area contributed by atoms with Crippen LogP contribution in [-0.2, 0) is 4.74 Å². The standard InChI is InChI=1S/C28H28F3NO4/c1-19(2)18-35-27(34)32-25(16-17-26(33)23-6-4-3-5-7-23)22-10-8-20(9-11-22)21-12-14-24(15-13-21)36-28(29,30)31/h3-15,19,25H,16-18H2,1-2H3,(H,32,34). The van der Waals surface area contributed by atoms with Gasteiger partial charge >= 0.3 is 12.5 Å². The molecule has 3 aromatic rings. The normalized spacial score (nSPS) is 12.2. The lowest BCUT2D eigenvalue weighted by Gasteiger charge is -2.20. The smallest absolute Gasteiger partial charge is 0.449 e. The van der Waals surface area contributed by atoms with Crippen molar-refractivity contribution in [2.45, 2.75) is 39.1 Å². The highest BCUT2D eigenvalue weighted by Gasteiger charge is 2.31. The fraction of sp³-hybridized carbons (Fsp3) is 0.286. The van der Waals surface area contributed by atoms with E-state index in [-0.39, 0.29) is 30.5 Å². The average Bonchev–Trinajstić information content (AvgIpc) is 2.85. The molecular formula is C28H28F3NO4. The second-order valence-corrected chi connectivity index (χ2v) is 8.71. The summed E-state index contributed by atoms with van der Waals surface area (Å²) >= 11 is 0. The van der Waals surface area contributed by atoms with E-state index >= 15 is 0 Å². The Morgan fingerprint density at radius 1 is 0.861 bits per heavy atom. The predicted molar refractivity (Wildman–Crippen MR) is 131 cm³/mol. The summed E-state index contributed by atoms with van der Waals surface area (Å²) in [6, 6.07) is 21.3. The van der Waals surface area contributed by atoms with E-state index in [1.807, 2.05) is 44.2 Å². The number of benzene rings is 3. The van der Waals surface area contributed by atoms with Gasteiger partial charge in [-0.1, -0.05) is 80.6 Å². The number of carbonyl (C=O) groups excluding carboxylic acids is 2. The number of hydrogen-bond acceptors (Lipinski definition) is 4. The first-order chi connectivity index (χ1) is 17.1. The number of alkyl halides is 3. The fourth-order valence-corrected chi connectivity index (χ4v) is 3.55. The van der Waals surface area contributed by atoms with Crippen molar-refractivity contribution in [1.82, 2.24) is 5.32 Å². The zero-order chi connectivity index (χ0) is 26.1. The molecule has 1 N–H and O–H groups in total. The zero-order valence-electron chi connectivity index (χ0n) is 20.0. The summed E-state index contributed by atoms with van der Waals surface area (Å²) in [6.45, 7) is 4.14. The summed E-state index contributed by atoms with van der Waals surface area (Å²) in [6.07, 6.45) is -4.72. The number of alkyl carbamates (subject to hydrolysis) is 1. The lowest BCUT2D eigenvalue weighted by Crippen LogP contribution is -2.30. The minimum Gasteiger partial charge on any atom is -0.449 e. The summed E-state index contributed by atoms with van der Waals surface area (Å²) in [5.74, 6) is -0.146. The van der Waals surface area contributed by atoms with Gasteiger partial charge in [-0.25, -0.2) is 4.79 Å². The molecule has 0 fully saturated rings. The van der Waals surface area contributed by atoms with Crippen molar-refractivity contribution < 1.29 is 32.2 Å². The van der Waals surface area contributed by atoms with Gasteiger partial charge < -0.3 is 14.8 Å². The van der Waals surface area contributed by atoms with Gasteiger partial charge in [-0.05, 0) is 41.2 Å². The topological polar surface area (TPSA) is 64.6 Å². The molecule has 1 atom stereocenters. The third kappa shape index (κ3) is 8.45. The van der Waals surface area contributed by atoms with Crippen molar-refractivity contribution in [2.75, 3.05) is 6.61 Å². The van der Waals surface area contributed by atoms with Crippen molar-refractivity contribution in [3.05, 3.63) is 90.0 Å². The Bertz CT molecular complexity index is 1130. The number of halogens is 3. The lowest BCUT2D eigenvalue weighted by atomic mass is 9.96. The molecule has 8 heteroatoms. The Kier molecular flexibility index (Phi) is 9.11. The maximum absolute atomic E-state index is 12.6. The van der Waals surface area contributed by atoms with E-state index in [9.17, 15) is 22.8 Å². The van der Waals surface area contributed by atoms with Gasteiger partial charge in [0.15, 0.2) is 5.78 Å². The molecule has 190 valence electrons. The molecule has 1 amide bonds. The van der Waals surface area contributed by atoms with E-state index in [2.05, 4.69) is 10.1 Å². The molecule has 0 heterocycles. The van der Waals surface area contributed by atoms with Gasteiger partial charge in [-0.2, -0.15) is 0 Å². The molecule has 3 rings (SSSR count). The van der Waals surface area contributed by atoms with Crippen LogP contribution < -0.4 is 10.1 Å². The molecular weight excluding hydrogens is 471 g/mol. The molecule has 0 radical (unpaired) electrons. The van der Waals surface area contributed by atoms with Crippen LogP contribution in [0.2, 0.25) is 0 Å². The SMILES string of the molecule is CC(C)COC(=O)NC(CCC(=O)c1ccccc1)c1ccc(-c2ccc(OC(F)(F)F)cc2)cc1. The first-order valence-electron chi connectivity index (χ1n) is 11.6. The van der Waals surface area contributed by atoms with E-state index in [4.69, 9.17) is 4.74 Å². The second kappa shape index (κ2) is 12.2. The summed E-state index contributed by atoms with van der Waals surface area (Å²) in [5, 5.41) is 2.85. The summed E-state index contributed by atoms with van der Waals surface area (Å²) in [7, 11) is 0. The van der Waals surface area contributed by atoms with Crippen molar-refractivity contribution >= 4 is 11.9 Å². The molecule has 0 spiro atoms. The number of nitrogens with one attached hydrogen (secondary N) is 1. The molecule has 0 saturated carbocycles. The van der Waals surface area contributed by atoms with Crippen LogP contribution in [0, 0.1) is 5.92 Å². The molecule has 0 aliphatic rings. The number of Topliss-reactive ketones (excluding diaryl/α,β-unsaturated/α-hetero) is 1. The van der Waals surface area contributed by atoms with Crippen LogP contribution in [0.5, 0.6) is 5.75 Å². The molecule has 0 saturated heterocycles. The first kappa shape index (κ1) is 26.8. The van der Waals surface area contributed by atoms with Crippen molar-refractivity contribution in [3.63, 3.8) is 0 Å². The van der Waals surface area contributed by atoms with Gasteiger partial charge in [0, 0.05) is 12.0 Å². The van der Waals surface area contributed by atoms with E-state index in [0.29, 0.717) is 17.5 Å². The molecule has 0 aromatic heterocycles. The van der Waals surface area contributed by atoms with Gasteiger partial charge in [0.1, 0.15) is 5.75 Å². The van der Waals surface area contributed by atoms with Gasteiger partial charge in [0.2, 0.25) is 0 Å². The number of hydrogen-bond donors (Lipinski definition) is 1. The van der Waals surface area contributed by atoms with Crippen LogP contribution in [0.15, 0.2) is 78.9 Å². The van der Waals surface area contributed by atoms with Crippen molar-refractivity contribution in [3.8, 4) is 16.9 Å². The van der Waals surface area contributed by atoms with E-state index < -0.39 is 18.5 Å². The van der Waals surface area contributed by atoms with Gasteiger partial charge in [-0.15, -0.1) is 13.2 Å². The molecule has 0 aliphatic heterocycles. The van der Waals surface area contributed by atoms with Crippen LogP contribution in [0.25, 0.3) is 11.1 Å². The predicted octanol–water partition coefficient (Wildman–Crippen LogP) is 7.34. The highest BCUT2D eigenvalue weighted by atomic mass is 19.4. The number of ketones is 1. The Hall–Kier alpha value is -3.81. The maximum atomic E-state index is 12.6. The molecule has 3 aromatic carbocycles. The first-order valence-corrected chi connectivity index (χ1v) is 11.6. The Balaban J connectivity index is 1.73. The number of carbonyl (C=O) groups is 2. The van der Waals surface area contributed by atoms with Crippen molar-refractivity contribution in [1.29, 1.82) is 0 Å². The van der Waals surface area contributed by atoms with Crippen LogP contribution in [0.4, 0.5) is 18.0 Å². The van der Waals surface area contributed by atoms with Gasteiger partial charge in [-0.3, -0.25) is 4.79 Å². The Morgan fingerprint density at radius 2 is 1.44 bits per heavy atom. The van der Waals surface area contributed by atoms with Crippen LogP contribution in [-0.4, -0.2) is 24.8 Å². The largest absolute Gasteiger partial charge is 0.573 e. The van der Waals surface area contributed by atoms with Crippen molar-refractivity contribution in [2.24, 2.45) is 5.92 Å². The van der Waals surface area contributed by atoms with E-state index in [1.165, 1.54) is 24.3 Å². The number of amides is 1. The van der Waals surface area contributed by atoms with Gasteiger partial charge in [0.25, 0.3) is 0 Å². The highest BCUT2D eigenvalue weighted by Crippen LogP contribution is 2.28. The summed E-state index contributed by atoms with van der Waals surface area (Å²) in [4.78, 5) is 25.0. The third-order valence-corrected chi connectivity index (χ3v) is 5.33. The maximum Gasteiger partial charge on any atom is 0.573 e. The Labute approximate surface area is 208 Å².